The second-order valence-electron chi connectivity index (χ2n) is 6.92. The number of oxime groups is 1. The molecule has 0 fully saturated rings. The van der Waals surface area contributed by atoms with Gasteiger partial charge in [-0.1, -0.05) is 59.8 Å². The molecule has 0 spiro atoms. The molecule has 0 aromatic heterocycles. The van der Waals surface area contributed by atoms with Gasteiger partial charge in [0, 0.05) is 12.0 Å². The molecule has 0 saturated carbocycles. The fraction of sp³-hybridized carbons (Fsp3) is 0.200. The zero-order valence-electron chi connectivity index (χ0n) is 17.5. The fourth-order valence-corrected chi connectivity index (χ4v) is 2.92. The van der Waals surface area contributed by atoms with Crippen LogP contribution in [-0.4, -0.2) is 25.3 Å². The van der Waals surface area contributed by atoms with E-state index in [1.807, 2.05) is 78.9 Å². The summed E-state index contributed by atoms with van der Waals surface area (Å²) in [6, 6.07) is 25.2. The van der Waals surface area contributed by atoms with Crippen LogP contribution < -0.4 is 15.2 Å². The molecule has 0 aliphatic heterocycles. The van der Waals surface area contributed by atoms with E-state index in [1.165, 1.54) is 7.11 Å². The Balaban J connectivity index is 1.50. The number of ether oxygens (including phenoxy) is 2. The average molecular weight is 418 g/mol. The van der Waals surface area contributed by atoms with Crippen molar-refractivity contribution < 1.29 is 19.1 Å². The Kier molecular flexibility index (Phi) is 8.05. The first-order valence-corrected chi connectivity index (χ1v) is 10.0. The van der Waals surface area contributed by atoms with Gasteiger partial charge < -0.3 is 20.0 Å². The van der Waals surface area contributed by atoms with Crippen molar-refractivity contribution in [3.8, 4) is 11.5 Å². The van der Waals surface area contributed by atoms with Gasteiger partial charge in [0.15, 0.2) is 0 Å². The first-order chi connectivity index (χ1) is 15.1. The third-order valence-electron chi connectivity index (χ3n) is 4.60. The highest BCUT2D eigenvalue weighted by Crippen LogP contribution is 2.17. The van der Waals surface area contributed by atoms with E-state index in [0.29, 0.717) is 26.1 Å². The van der Waals surface area contributed by atoms with Gasteiger partial charge in [0.25, 0.3) is 0 Å². The van der Waals surface area contributed by atoms with Crippen LogP contribution in [0.4, 0.5) is 0 Å². The summed E-state index contributed by atoms with van der Waals surface area (Å²) >= 11 is 0. The Bertz CT molecular complexity index is 984. The van der Waals surface area contributed by atoms with E-state index in [2.05, 4.69) is 5.16 Å². The molecular formula is C25H26N2O4. The molecule has 6 heteroatoms. The predicted octanol–water partition coefficient (Wildman–Crippen LogP) is 4.11. The lowest BCUT2D eigenvalue weighted by molar-refractivity contribution is -0.117. The van der Waals surface area contributed by atoms with Gasteiger partial charge in [-0.3, -0.25) is 4.79 Å². The molecule has 0 aliphatic rings. The van der Waals surface area contributed by atoms with Crippen LogP contribution in [0.2, 0.25) is 0 Å². The molecule has 0 heterocycles. The fourth-order valence-electron chi connectivity index (χ4n) is 2.92. The summed E-state index contributed by atoms with van der Waals surface area (Å²) in [5.74, 6) is 1.21. The van der Waals surface area contributed by atoms with Gasteiger partial charge in [0.1, 0.15) is 37.5 Å². The lowest BCUT2D eigenvalue weighted by Crippen LogP contribution is -2.13. The Labute approximate surface area is 182 Å². The summed E-state index contributed by atoms with van der Waals surface area (Å²) in [6.45, 7) is 0.747. The van der Waals surface area contributed by atoms with Gasteiger partial charge in [-0.25, -0.2) is 0 Å². The maximum atomic E-state index is 10.9. The Morgan fingerprint density at radius 2 is 1.45 bits per heavy atom. The van der Waals surface area contributed by atoms with Crippen LogP contribution in [0.1, 0.15) is 23.1 Å². The highest BCUT2D eigenvalue weighted by molar-refractivity contribution is 6.01. The SMILES string of the molecule is CO/N=C(/COc1ccc(COc2ccc(CCC(N)=O)cc2)cc1)c1ccccc1. The van der Waals surface area contributed by atoms with Gasteiger partial charge in [0.05, 0.1) is 0 Å². The second-order valence-corrected chi connectivity index (χ2v) is 6.92. The zero-order chi connectivity index (χ0) is 21.9. The lowest BCUT2D eigenvalue weighted by atomic mass is 10.1. The maximum Gasteiger partial charge on any atom is 0.217 e. The molecule has 0 saturated heterocycles. The molecule has 3 rings (SSSR count). The van der Waals surface area contributed by atoms with Crippen molar-refractivity contribution in [2.75, 3.05) is 13.7 Å². The van der Waals surface area contributed by atoms with E-state index in [4.69, 9.17) is 20.0 Å². The molecule has 0 radical (unpaired) electrons. The third kappa shape index (κ3) is 7.19. The monoisotopic (exact) mass is 418 g/mol. The van der Waals surface area contributed by atoms with E-state index >= 15 is 0 Å². The zero-order valence-corrected chi connectivity index (χ0v) is 17.5. The molecule has 3 aromatic rings. The summed E-state index contributed by atoms with van der Waals surface area (Å²) in [4.78, 5) is 15.8. The molecule has 6 nitrogen and oxygen atoms in total. The highest BCUT2D eigenvalue weighted by atomic mass is 16.6. The molecule has 2 N–H and O–H groups in total. The van der Waals surface area contributed by atoms with E-state index in [9.17, 15) is 4.79 Å². The predicted molar refractivity (Wildman–Crippen MR) is 120 cm³/mol. The topological polar surface area (TPSA) is 83.1 Å². The molecule has 160 valence electrons. The summed E-state index contributed by atoms with van der Waals surface area (Å²) in [5.41, 5.74) is 8.94. The standard InChI is InChI=1S/C25H26N2O4/c1-29-27-24(21-5-3-2-4-6-21)18-31-23-14-9-20(10-15-23)17-30-22-12-7-19(8-13-22)11-16-25(26)28/h2-10,12-15H,11,16-18H2,1H3,(H2,26,28)/b27-24-. The van der Waals surface area contributed by atoms with Crippen molar-refractivity contribution in [1.82, 2.24) is 0 Å². The molecule has 0 aliphatic carbocycles. The van der Waals surface area contributed by atoms with Crippen LogP contribution in [0.25, 0.3) is 0 Å². The highest BCUT2D eigenvalue weighted by Gasteiger charge is 2.06. The molecular weight excluding hydrogens is 392 g/mol. The van der Waals surface area contributed by atoms with Gasteiger partial charge >= 0.3 is 0 Å². The number of carbonyl (C=O) groups is 1. The second kappa shape index (κ2) is 11.4. The van der Waals surface area contributed by atoms with Gasteiger partial charge in [-0.15, -0.1) is 0 Å². The molecule has 1 amide bonds. The van der Waals surface area contributed by atoms with Gasteiger partial charge in [0.2, 0.25) is 5.91 Å². The number of hydrogen-bond acceptors (Lipinski definition) is 5. The number of aryl methyl sites for hydroxylation is 1. The van der Waals surface area contributed by atoms with Crippen LogP contribution in [-0.2, 0) is 22.7 Å². The average Bonchev–Trinajstić information content (AvgIpc) is 2.81. The molecule has 0 unspecified atom stereocenters. The van der Waals surface area contributed by atoms with Crippen molar-refractivity contribution >= 4 is 11.6 Å². The first-order valence-electron chi connectivity index (χ1n) is 10.0. The molecule has 3 aromatic carbocycles. The summed E-state index contributed by atoms with van der Waals surface area (Å²) in [6.07, 6.45) is 0.983. The van der Waals surface area contributed by atoms with E-state index in [1.54, 1.807) is 0 Å². The van der Waals surface area contributed by atoms with Crippen molar-refractivity contribution in [3.05, 3.63) is 95.6 Å². The lowest BCUT2D eigenvalue weighted by Gasteiger charge is -2.10. The number of primary amides is 1. The number of carbonyl (C=O) groups excluding carboxylic acids is 1. The van der Waals surface area contributed by atoms with Gasteiger partial charge in [-0.2, -0.15) is 0 Å². The van der Waals surface area contributed by atoms with Crippen molar-refractivity contribution in [1.29, 1.82) is 0 Å². The normalized spacial score (nSPS) is 11.1. The molecule has 0 bridgehead atoms. The number of amides is 1. The minimum atomic E-state index is -0.296. The smallest absolute Gasteiger partial charge is 0.217 e. The van der Waals surface area contributed by atoms with Crippen LogP contribution >= 0.6 is 0 Å². The van der Waals surface area contributed by atoms with Crippen molar-refractivity contribution in [2.45, 2.75) is 19.4 Å². The van der Waals surface area contributed by atoms with Crippen LogP contribution in [0.5, 0.6) is 11.5 Å². The minimum Gasteiger partial charge on any atom is -0.489 e. The first kappa shape index (κ1) is 21.9. The number of rotatable bonds is 11. The van der Waals surface area contributed by atoms with E-state index < -0.39 is 0 Å². The Hall–Kier alpha value is -3.80. The van der Waals surface area contributed by atoms with Crippen LogP contribution in [0.15, 0.2) is 84.0 Å². The molecule has 31 heavy (non-hydrogen) atoms. The maximum absolute atomic E-state index is 10.9. The number of hydrogen-bond donors (Lipinski definition) is 1. The van der Waals surface area contributed by atoms with E-state index in [0.717, 1.165) is 33.9 Å². The Morgan fingerprint density at radius 1 is 0.839 bits per heavy atom. The van der Waals surface area contributed by atoms with E-state index in [-0.39, 0.29) is 5.91 Å². The van der Waals surface area contributed by atoms with Crippen molar-refractivity contribution in [2.24, 2.45) is 10.9 Å². The third-order valence-corrected chi connectivity index (χ3v) is 4.60. The number of benzene rings is 3. The van der Waals surface area contributed by atoms with Crippen LogP contribution in [0, 0.1) is 0 Å². The summed E-state index contributed by atoms with van der Waals surface area (Å²) < 4.78 is 11.7. The van der Waals surface area contributed by atoms with Crippen LogP contribution in [0.3, 0.4) is 0 Å². The molecule has 0 atom stereocenters. The number of nitrogens with two attached hydrogens (primary N) is 1. The number of nitrogens with zero attached hydrogens (tertiary/aromatic N) is 1. The Morgan fingerprint density at radius 3 is 2.06 bits per heavy atom. The largest absolute Gasteiger partial charge is 0.489 e. The van der Waals surface area contributed by atoms with Crippen molar-refractivity contribution in [3.63, 3.8) is 0 Å². The minimum absolute atomic E-state index is 0.296. The van der Waals surface area contributed by atoms with Gasteiger partial charge in [-0.05, 0) is 41.8 Å². The summed E-state index contributed by atoms with van der Waals surface area (Å²) in [5, 5.41) is 4.07. The summed E-state index contributed by atoms with van der Waals surface area (Å²) in [7, 11) is 1.52. The quantitative estimate of drug-likeness (QED) is 0.375.